The molecule has 2 atom stereocenters. The molecule has 0 spiro atoms. The van der Waals surface area contributed by atoms with Crippen LogP contribution < -0.4 is 0 Å². The maximum absolute atomic E-state index is 4.87. The van der Waals surface area contributed by atoms with Crippen LogP contribution in [0.1, 0.15) is 107 Å². The summed E-state index contributed by atoms with van der Waals surface area (Å²) in [5, 5.41) is 2.48. The first-order valence-electron chi connectivity index (χ1n) is 17.5. The molecule has 0 bridgehead atoms. The van der Waals surface area contributed by atoms with Crippen LogP contribution >= 0.6 is 0 Å². The van der Waals surface area contributed by atoms with Crippen LogP contribution in [0.5, 0.6) is 0 Å². The lowest BCUT2D eigenvalue weighted by Gasteiger charge is -2.16. The molecule has 4 aromatic carbocycles. The van der Waals surface area contributed by atoms with Crippen LogP contribution in [-0.4, -0.2) is 38.9 Å². The third kappa shape index (κ3) is 8.24. The molecule has 2 aromatic heterocycles. The monoisotopic (exact) mass is 621 g/mol. The number of nitrogens with zero attached hydrogens (tertiary/aromatic N) is 3. The Morgan fingerprint density at radius 3 is 1.37 bits per heavy atom. The number of imidazole rings is 2. The first kappa shape index (κ1) is 38.2. The van der Waals surface area contributed by atoms with Gasteiger partial charge in [0.2, 0.25) is 0 Å². The number of aromatic nitrogens is 4. The van der Waals surface area contributed by atoms with Crippen molar-refractivity contribution < 1.29 is 0 Å². The lowest BCUT2D eigenvalue weighted by atomic mass is 9.93. The standard InChI is InChI=1S/C33H35N5.4C2H6/c1-19(2)20(3)32-34-28-15-13-22(17-30(28)36-32)24-9-7-12-27-25(10-8-11-26(24)27)23-14-16-29-31(18-23)37-33(35-29)21(4)38(5)6;4*1-2/h7-21H,1-6H3,(H,34,36)(H,35,37);4*1-2H3. The maximum Gasteiger partial charge on any atom is 0.124 e. The van der Waals surface area contributed by atoms with E-state index < -0.39 is 0 Å². The number of hydrogen-bond acceptors (Lipinski definition) is 3. The second kappa shape index (κ2) is 18.3. The minimum Gasteiger partial charge on any atom is -0.342 e. The average Bonchev–Trinajstić information content (AvgIpc) is 3.74. The fraction of sp³-hybridized carbons (Fsp3) is 0.415. The molecule has 0 radical (unpaired) electrons. The van der Waals surface area contributed by atoms with E-state index in [4.69, 9.17) is 9.97 Å². The average molecular weight is 622 g/mol. The van der Waals surface area contributed by atoms with Gasteiger partial charge in [-0.3, -0.25) is 4.90 Å². The number of benzene rings is 4. The van der Waals surface area contributed by atoms with Crippen molar-refractivity contribution in [3.8, 4) is 22.3 Å². The molecular weight excluding hydrogens is 562 g/mol. The Balaban J connectivity index is 0.000000856. The number of H-pyrrole nitrogens is 2. The summed E-state index contributed by atoms with van der Waals surface area (Å²) in [5.74, 6) is 2.98. The quantitative estimate of drug-likeness (QED) is 0.194. The number of fused-ring (bicyclic) bond motifs is 3. The van der Waals surface area contributed by atoms with Gasteiger partial charge in [0.25, 0.3) is 0 Å². The predicted octanol–water partition coefficient (Wildman–Crippen LogP) is 12.4. The molecule has 2 heterocycles. The summed E-state index contributed by atoms with van der Waals surface area (Å²) in [6.07, 6.45) is 0. The Hall–Kier alpha value is -3.96. The smallest absolute Gasteiger partial charge is 0.124 e. The summed E-state index contributed by atoms with van der Waals surface area (Å²) in [4.78, 5) is 19.0. The molecule has 0 fully saturated rings. The summed E-state index contributed by atoms with van der Waals surface area (Å²) in [7, 11) is 4.15. The molecule has 0 aliphatic heterocycles. The van der Waals surface area contributed by atoms with Crippen molar-refractivity contribution in [1.29, 1.82) is 0 Å². The van der Waals surface area contributed by atoms with Gasteiger partial charge in [0, 0.05) is 5.92 Å². The summed E-state index contributed by atoms with van der Waals surface area (Å²) in [5.41, 5.74) is 9.00. The van der Waals surface area contributed by atoms with Crippen LogP contribution in [0.2, 0.25) is 0 Å². The van der Waals surface area contributed by atoms with Crippen LogP contribution in [0.4, 0.5) is 0 Å². The molecule has 248 valence electrons. The van der Waals surface area contributed by atoms with E-state index in [1.54, 1.807) is 0 Å². The first-order chi connectivity index (χ1) is 22.3. The van der Waals surface area contributed by atoms with Crippen molar-refractivity contribution in [3.63, 3.8) is 0 Å². The van der Waals surface area contributed by atoms with Crippen molar-refractivity contribution in [1.82, 2.24) is 24.8 Å². The maximum atomic E-state index is 4.87. The van der Waals surface area contributed by atoms with E-state index in [-0.39, 0.29) is 6.04 Å². The molecular formula is C41H59N5. The van der Waals surface area contributed by atoms with E-state index in [0.29, 0.717) is 11.8 Å². The van der Waals surface area contributed by atoms with E-state index in [1.165, 1.54) is 33.0 Å². The summed E-state index contributed by atoms with van der Waals surface area (Å²) >= 11 is 0. The van der Waals surface area contributed by atoms with Gasteiger partial charge >= 0.3 is 0 Å². The van der Waals surface area contributed by atoms with Gasteiger partial charge in [0.1, 0.15) is 11.6 Å². The van der Waals surface area contributed by atoms with Crippen molar-refractivity contribution >= 4 is 32.8 Å². The SMILES string of the molecule is CC.CC.CC.CC.CC(C)C(C)c1nc2ccc(-c3cccc4c(-c5ccc6nc(C(C)N(C)C)[nH]c6c5)cccc34)cc2[nH]1. The van der Waals surface area contributed by atoms with Gasteiger partial charge in [-0.1, -0.05) is 125 Å². The highest BCUT2D eigenvalue weighted by Crippen LogP contribution is 2.37. The van der Waals surface area contributed by atoms with Gasteiger partial charge in [-0.25, -0.2) is 9.97 Å². The van der Waals surface area contributed by atoms with Crippen LogP contribution in [0.3, 0.4) is 0 Å². The molecule has 0 aliphatic rings. The Labute approximate surface area is 278 Å². The van der Waals surface area contributed by atoms with E-state index in [2.05, 4.69) is 129 Å². The minimum absolute atomic E-state index is 0.225. The molecule has 0 aliphatic carbocycles. The lowest BCUT2D eigenvalue weighted by molar-refractivity contribution is 0.310. The van der Waals surface area contributed by atoms with Gasteiger partial charge in [0.05, 0.1) is 28.1 Å². The molecule has 0 saturated heterocycles. The number of rotatable bonds is 6. The Kier molecular flexibility index (Phi) is 15.2. The van der Waals surface area contributed by atoms with E-state index >= 15 is 0 Å². The van der Waals surface area contributed by atoms with E-state index in [9.17, 15) is 0 Å². The van der Waals surface area contributed by atoms with Crippen molar-refractivity contribution in [2.45, 2.75) is 95.0 Å². The summed E-state index contributed by atoms with van der Waals surface area (Å²) in [6, 6.07) is 26.5. The zero-order chi connectivity index (χ0) is 34.6. The topological polar surface area (TPSA) is 60.6 Å². The number of nitrogens with one attached hydrogen (secondary N) is 2. The third-order valence-corrected chi connectivity index (χ3v) is 8.15. The zero-order valence-corrected chi connectivity index (χ0v) is 31.0. The predicted molar refractivity (Wildman–Crippen MR) is 205 cm³/mol. The van der Waals surface area contributed by atoms with Crippen molar-refractivity contribution in [2.24, 2.45) is 5.92 Å². The fourth-order valence-electron chi connectivity index (χ4n) is 5.18. The number of aromatic amines is 2. The summed E-state index contributed by atoms with van der Waals surface area (Å²) < 4.78 is 0. The van der Waals surface area contributed by atoms with E-state index in [1.807, 2.05) is 55.4 Å². The Morgan fingerprint density at radius 1 is 0.543 bits per heavy atom. The number of hydrogen-bond donors (Lipinski definition) is 2. The molecule has 6 aromatic rings. The largest absolute Gasteiger partial charge is 0.342 e. The summed E-state index contributed by atoms with van der Waals surface area (Å²) in [6.45, 7) is 24.9. The molecule has 6 rings (SSSR count). The zero-order valence-electron chi connectivity index (χ0n) is 31.0. The highest BCUT2D eigenvalue weighted by atomic mass is 15.1. The molecule has 5 nitrogen and oxygen atoms in total. The molecule has 0 amide bonds. The van der Waals surface area contributed by atoms with E-state index in [0.717, 1.165) is 33.7 Å². The minimum atomic E-state index is 0.225. The highest BCUT2D eigenvalue weighted by molar-refractivity contribution is 6.05. The van der Waals surface area contributed by atoms with Crippen LogP contribution in [0.15, 0.2) is 72.8 Å². The molecule has 0 saturated carbocycles. The highest BCUT2D eigenvalue weighted by Gasteiger charge is 2.16. The Bertz CT molecular complexity index is 1640. The first-order valence-corrected chi connectivity index (χ1v) is 17.5. The van der Waals surface area contributed by atoms with Crippen LogP contribution in [0.25, 0.3) is 55.1 Å². The van der Waals surface area contributed by atoms with Crippen molar-refractivity contribution in [2.75, 3.05) is 14.1 Å². The molecule has 46 heavy (non-hydrogen) atoms. The van der Waals surface area contributed by atoms with Crippen LogP contribution in [-0.2, 0) is 0 Å². The second-order valence-electron chi connectivity index (χ2n) is 11.1. The van der Waals surface area contributed by atoms with Gasteiger partial charge in [-0.05, 0) is 84.2 Å². The van der Waals surface area contributed by atoms with Gasteiger partial charge in [0.15, 0.2) is 0 Å². The van der Waals surface area contributed by atoms with Gasteiger partial charge < -0.3 is 9.97 Å². The normalized spacial score (nSPS) is 11.9. The molecule has 5 heteroatoms. The van der Waals surface area contributed by atoms with Gasteiger partial charge in [-0.15, -0.1) is 0 Å². The molecule has 2 N–H and O–H groups in total. The Morgan fingerprint density at radius 2 is 0.957 bits per heavy atom. The third-order valence-electron chi connectivity index (χ3n) is 8.15. The van der Waals surface area contributed by atoms with Gasteiger partial charge in [-0.2, -0.15) is 0 Å². The lowest BCUT2D eigenvalue weighted by Crippen LogP contribution is -2.17. The fourth-order valence-corrected chi connectivity index (χ4v) is 5.18. The van der Waals surface area contributed by atoms with Crippen LogP contribution in [0, 0.1) is 5.92 Å². The van der Waals surface area contributed by atoms with Crippen molar-refractivity contribution in [3.05, 3.63) is 84.4 Å². The molecule has 2 unspecified atom stereocenters. The second-order valence-corrected chi connectivity index (χ2v) is 11.1.